The summed E-state index contributed by atoms with van der Waals surface area (Å²) in [6, 6.07) is 14.2. The number of nitrogens with one attached hydrogen (secondary N) is 1. The fourth-order valence-corrected chi connectivity index (χ4v) is 3.88. The molecule has 1 amide bonds. The third kappa shape index (κ3) is 5.54. The predicted molar refractivity (Wildman–Crippen MR) is 125 cm³/mol. The average molecular weight is 410 g/mol. The number of likely N-dealkylation sites (N-methyl/N-ethyl adjacent to an activating group) is 1. The van der Waals surface area contributed by atoms with Gasteiger partial charge in [0.1, 0.15) is 5.75 Å². The van der Waals surface area contributed by atoms with E-state index in [1.165, 1.54) is 5.69 Å². The van der Waals surface area contributed by atoms with Crippen LogP contribution in [0.2, 0.25) is 0 Å². The number of amides is 1. The number of para-hydroxylation sites is 1. The Kier molecular flexibility index (Phi) is 7.75. The standard InChI is InChI=1S/C25H35N3O2/c1-5-19(3)22-9-7-8-10-24(22)30-18-25(29)26-23-12-11-21(17-20(23)4)28-15-13-27(6-2)14-16-28/h7-12,17,19H,5-6,13-16,18H2,1-4H3,(H,26,29). The van der Waals surface area contributed by atoms with Crippen LogP contribution in [-0.4, -0.2) is 50.1 Å². The van der Waals surface area contributed by atoms with Crippen molar-refractivity contribution in [3.8, 4) is 5.75 Å². The number of piperazine rings is 1. The van der Waals surface area contributed by atoms with Crippen LogP contribution in [0.4, 0.5) is 11.4 Å². The lowest BCUT2D eigenvalue weighted by Gasteiger charge is -2.35. The number of hydrogen-bond acceptors (Lipinski definition) is 4. The largest absolute Gasteiger partial charge is 0.483 e. The lowest BCUT2D eigenvalue weighted by Crippen LogP contribution is -2.46. The molecule has 1 heterocycles. The maximum atomic E-state index is 12.5. The SMILES string of the molecule is CCC(C)c1ccccc1OCC(=O)Nc1ccc(N2CCN(CC)CC2)cc1C. The van der Waals surface area contributed by atoms with Gasteiger partial charge in [0.25, 0.3) is 5.91 Å². The van der Waals surface area contributed by atoms with Crippen LogP contribution in [0.5, 0.6) is 5.75 Å². The molecule has 0 saturated carbocycles. The van der Waals surface area contributed by atoms with E-state index in [-0.39, 0.29) is 12.5 Å². The van der Waals surface area contributed by atoms with Crippen molar-refractivity contribution in [2.24, 2.45) is 0 Å². The summed E-state index contributed by atoms with van der Waals surface area (Å²) in [5.74, 6) is 1.06. The van der Waals surface area contributed by atoms with Crippen molar-refractivity contribution in [1.82, 2.24) is 4.90 Å². The van der Waals surface area contributed by atoms with Crippen LogP contribution in [0, 0.1) is 6.92 Å². The van der Waals surface area contributed by atoms with E-state index in [2.05, 4.69) is 54.1 Å². The molecule has 1 N–H and O–H groups in total. The van der Waals surface area contributed by atoms with Crippen molar-refractivity contribution in [2.45, 2.75) is 40.0 Å². The number of carbonyl (C=O) groups is 1. The van der Waals surface area contributed by atoms with E-state index < -0.39 is 0 Å². The van der Waals surface area contributed by atoms with Gasteiger partial charge in [0.05, 0.1) is 0 Å². The molecule has 2 aromatic rings. The second kappa shape index (κ2) is 10.5. The Hall–Kier alpha value is -2.53. The first kappa shape index (κ1) is 22.2. The van der Waals surface area contributed by atoms with Crippen molar-refractivity contribution in [2.75, 3.05) is 49.5 Å². The summed E-state index contributed by atoms with van der Waals surface area (Å²) < 4.78 is 5.85. The number of ether oxygens (including phenoxy) is 1. The molecule has 0 bridgehead atoms. The second-order valence-electron chi connectivity index (χ2n) is 8.10. The van der Waals surface area contributed by atoms with Crippen LogP contribution < -0.4 is 15.0 Å². The molecule has 3 rings (SSSR count). The monoisotopic (exact) mass is 409 g/mol. The van der Waals surface area contributed by atoms with Gasteiger partial charge in [0.15, 0.2) is 6.61 Å². The van der Waals surface area contributed by atoms with Gasteiger partial charge < -0.3 is 19.9 Å². The number of anilines is 2. The molecule has 2 aromatic carbocycles. The summed E-state index contributed by atoms with van der Waals surface area (Å²) in [6.07, 6.45) is 1.03. The number of nitrogens with zero attached hydrogens (tertiary/aromatic N) is 2. The molecule has 0 aliphatic carbocycles. The van der Waals surface area contributed by atoms with E-state index in [9.17, 15) is 4.79 Å². The zero-order valence-corrected chi connectivity index (χ0v) is 18.8. The number of carbonyl (C=O) groups excluding carboxylic acids is 1. The quantitative estimate of drug-likeness (QED) is 0.688. The van der Waals surface area contributed by atoms with Crippen molar-refractivity contribution in [1.29, 1.82) is 0 Å². The van der Waals surface area contributed by atoms with Crippen molar-refractivity contribution < 1.29 is 9.53 Å². The molecule has 5 nitrogen and oxygen atoms in total. The van der Waals surface area contributed by atoms with Crippen LogP contribution in [0.1, 0.15) is 44.2 Å². The third-order valence-corrected chi connectivity index (χ3v) is 6.09. The molecule has 0 spiro atoms. The van der Waals surface area contributed by atoms with E-state index in [0.717, 1.165) is 61.7 Å². The van der Waals surface area contributed by atoms with Crippen LogP contribution in [0.15, 0.2) is 42.5 Å². The first-order valence-corrected chi connectivity index (χ1v) is 11.1. The van der Waals surface area contributed by atoms with Gasteiger partial charge in [0.2, 0.25) is 0 Å². The van der Waals surface area contributed by atoms with Crippen molar-refractivity contribution >= 4 is 17.3 Å². The van der Waals surface area contributed by atoms with Crippen LogP contribution >= 0.6 is 0 Å². The van der Waals surface area contributed by atoms with E-state index >= 15 is 0 Å². The molecule has 0 aromatic heterocycles. The minimum Gasteiger partial charge on any atom is -0.483 e. The van der Waals surface area contributed by atoms with E-state index in [4.69, 9.17) is 4.74 Å². The number of aryl methyl sites for hydroxylation is 1. The number of hydrogen-bond donors (Lipinski definition) is 1. The molecule has 162 valence electrons. The molecule has 1 saturated heterocycles. The Morgan fingerprint density at radius 1 is 1.10 bits per heavy atom. The zero-order valence-electron chi connectivity index (χ0n) is 18.8. The van der Waals surface area contributed by atoms with E-state index in [1.807, 2.05) is 31.2 Å². The van der Waals surface area contributed by atoms with Gasteiger partial charge in [-0.1, -0.05) is 39.0 Å². The Labute approximate surface area is 181 Å². The number of benzene rings is 2. The highest BCUT2D eigenvalue weighted by Crippen LogP contribution is 2.28. The molecule has 1 aliphatic heterocycles. The van der Waals surface area contributed by atoms with Gasteiger partial charge in [-0.2, -0.15) is 0 Å². The Morgan fingerprint density at radius 3 is 2.50 bits per heavy atom. The van der Waals surface area contributed by atoms with Gasteiger partial charge in [-0.15, -0.1) is 0 Å². The van der Waals surface area contributed by atoms with Gasteiger partial charge in [-0.3, -0.25) is 4.79 Å². The normalized spacial score (nSPS) is 15.7. The molecule has 1 unspecified atom stereocenters. The minimum absolute atomic E-state index is 0.00756. The average Bonchev–Trinajstić information content (AvgIpc) is 2.78. The minimum atomic E-state index is -0.138. The lowest BCUT2D eigenvalue weighted by molar-refractivity contribution is -0.118. The maximum absolute atomic E-state index is 12.5. The van der Waals surface area contributed by atoms with Gasteiger partial charge in [0, 0.05) is 37.6 Å². The summed E-state index contributed by atoms with van der Waals surface area (Å²) in [4.78, 5) is 17.4. The third-order valence-electron chi connectivity index (χ3n) is 6.09. The molecular weight excluding hydrogens is 374 g/mol. The Bertz CT molecular complexity index is 844. The fraction of sp³-hybridized carbons (Fsp3) is 0.480. The van der Waals surface area contributed by atoms with Crippen LogP contribution in [0.25, 0.3) is 0 Å². The van der Waals surface area contributed by atoms with E-state index in [0.29, 0.717) is 5.92 Å². The highest BCUT2D eigenvalue weighted by atomic mass is 16.5. The molecule has 1 atom stereocenters. The highest BCUT2D eigenvalue weighted by molar-refractivity contribution is 5.92. The maximum Gasteiger partial charge on any atom is 0.262 e. The van der Waals surface area contributed by atoms with Gasteiger partial charge in [-0.05, 0) is 61.2 Å². The summed E-state index contributed by atoms with van der Waals surface area (Å²) in [5, 5.41) is 3.00. The van der Waals surface area contributed by atoms with E-state index in [1.54, 1.807) is 0 Å². The second-order valence-corrected chi connectivity index (χ2v) is 8.10. The first-order valence-electron chi connectivity index (χ1n) is 11.1. The fourth-order valence-electron chi connectivity index (χ4n) is 3.88. The topological polar surface area (TPSA) is 44.8 Å². The molecule has 0 radical (unpaired) electrons. The molecule has 5 heteroatoms. The number of rotatable bonds is 8. The molecule has 1 aliphatic rings. The predicted octanol–water partition coefficient (Wildman–Crippen LogP) is 4.67. The first-order chi connectivity index (χ1) is 14.5. The highest BCUT2D eigenvalue weighted by Gasteiger charge is 2.17. The van der Waals surface area contributed by atoms with Gasteiger partial charge >= 0.3 is 0 Å². The van der Waals surface area contributed by atoms with Crippen molar-refractivity contribution in [3.63, 3.8) is 0 Å². The lowest BCUT2D eigenvalue weighted by atomic mass is 9.98. The smallest absolute Gasteiger partial charge is 0.262 e. The molecule has 30 heavy (non-hydrogen) atoms. The van der Waals surface area contributed by atoms with Crippen molar-refractivity contribution in [3.05, 3.63) is 53.6 Å². The van der Waals surface area contributed by atoms with Gasteiger partial charge in [-0.25, -0.2) is 0 Å². The van der Waals surface area contributed by atoms with Crippen LogP contribution in [0.3, 0.4) is 0 Å². The summed E-state index contributed by atoms with van der Waals surface area (Å²) >= 11 is 0. The Balaban J connectivity index is 1.57. The zero-order chi connectivity index (χ0) is 21.5. The summed E-state index contributed by atoms with van der Waals surface area (Å²) in [5.41, 5.74) is 4.28. The summed E-state index contributed by atoms with van der Waals surface area (Å²) in [7, 11) is 0. The molecular formula is C25H35N3O2. The molecule has 1 fully saturated rings. The summed E-state index contributed by atoms with van der Waals surface area (Å²) in [6.45, 7) is 14.0. The van der Waals surface area contributed by atoms with Crippen LogP contribution in [-0.2, 0) is 4.79 Å². The Morgan fingerprint density at radius 2 is 1.83 bits per heavy atom.